The summed E-state index contributed by atoms with van der Waals surface area (Å²) >= 11 is 0. The lowest BCUT2D eigenvalue weighted by atomic mass is 9.83. The average molecular weight is 313 g/mol. The minimum Gasteiger partial charge on any atom is -0.453 e. The van der Waals surface area contributed by atoms with Crippen LogP contribution in [0.15, 0.2) is 0 Å². The molecule has 0 heterocycles. The Hall–Kier alpha value is -1.79. The zero-order chi connectivity index (χ0) is 16.7. The summed E-state index contributed by atoms with van der Waals surface area (Å²) in [6, 6.07) is -0.874. The molecule has 0 aliphatic heterocycles. The van der Waals surface area contributed by atoms with E-state index in [0.717, 1.165) is 25.7 Å². The number of hydrogen-bond acceptors (Lipinski definition) is 4. The lowest BCUT2D eigenvalue weighted by Crippen LogP contribution is -2.55. The zero-order valence-corrected chi connectivity index (χ0v) is 13.8. The van der Waals surface area contributed by atoms with Crippen molar-refractivity contribution in [3.05, 3.63) is 0 Å². The second-order valence-corrected chi connectivity index (χ2v) is 5.98. The van der Waals surface area contributed by atoms with E-state index in [9.17, 15) is 14.4 Å². The van der Waals surface area contributed by atoms with Gasteiger partial charge in [0.2, 0.25) is 11.8 Å². The van der Waals surface area contributed by atoms with Crippen LogP contribution in [-0.2, 0) is 14.3 Å². The average Bonchev–Trinajstić information content (AvgIpc) is 2.51. The maximum absolute atomic E-state index is 12.4. The number of methoxy groups -OCH3 is 1. The number of rotatable bonds is 5. The maximum Gasteiger partial charge on any atom is 0.407 e. The molecule has 126 valence electrons. The third kappa shape index (κ3) is 4.89. The van der Waals surface area contributed by atoms with Gasteiger partial charge in [0.25, 0.3) is 0 Å². The molecule has 0 spiro atoms. The predicted octanol–water partition coefficient (Wildman–Crippen LogP) is 0.788. The predicted molar refractivity (Wildman–Crippen MR) is 82.1 cm³/mol. The van der Waals surface area contributed by atoms with Gasteiger partial charge in [0.1, 0.15) is 6.04 Å². The van der Waals surface area contributed by atoms with Gasteiger partial charge in [0, 0.05) is 13.1 Å². The SMILES string of the molecule is CNC(=O)[C@H]1CCCC[C@@H]1NC(=O)[C@@H](NC(=O)OC)C(C)C. The van der Waals surface area contributed by atoms with Gasteiger partial charge in [-0.1, -0.05) is 26.7 Å². The Labute approximate surface area is 131 Å². The summed E-state index contributed by atoms with van der Waals surface area (Å²) in [5.41, 5.74) is 0. The number of amides is 3. The van der Waals surface area contributed by atoms with Crippen LogP contribution in [0.25, 0.3) is 0 Å². The minimum atomic E-state index is -0.681. The molecule has 3 atom stereocenters. The van der Waals surface area contributed by atoms with Gasteiger partial charge in [-0.05, 0) is 18.8 Å². The first-order chi connectivity index (χ1) is 10.4. The molecule has 1 aliphatic rings. The van der Waals surface area contributed by atoms with Crippen LogP contribution < -0.4 is 16.0 Å². The smallest absolute Gasteiger partial charge is 0.407 e. The third-order valence-electron chi connectivity index (χ3n) is 4.08. The number of carbonyl (C=O) groups excluding carboxylic acids is 3. The van der Waals surface area contributed by atoms with Crippen molar-refractivity contribution in [1.82, 2.24) is 16.0 Å². The van der Waals surface area contributed by atoms with E-state index in [1.807, 2.05) is 13.8 Å². The number of nitrogens with one attached hydrogen (secondary N) is 3. The summed E-state index contributed by atoms with van der Waals surface area (Å²) in [7, 11) is 2.86. The summed E-state index contributed by atoms with van der Waals surface area (Å²) < 4.78 is 4.55. The van der Waals surface area contributed by atoms with E-state index in [-0.39, 0.29) is 29.7 Å². The fourth-order valence-corrected chi connectivity index (χ4v) is 2.80. The van der Waals surface area contributed by atoms with Crippen molar-refractivity contribution in [2.75, 3.05) is 14.2 Å². The summed E-state index contributed by atoms with van der Waals surface area (Å²) in [4.78, 5) is 35.7. The molecule has 3 amide bonds. The highest BCUT2D eigenvalue weighted by atomic mass is 16.5. The Balaban J connectivity index is 2.73. The van der Waals surface area contributed by atoms with Crippen LogP contribution >= 0.6 is 0 Å². The second kappa shape index (κ2) is 8.60. The topological polar surface area (TPSA) is 96.5 Å². The van der Waals surface area contributed by atoms with Gasteiger partial charge < -0.3 is 20.7 Å². The third-order valence-corrected chi connectivity index (χ3v) is 4.08. The molecule has 7 nitrogen and oxygen atoms in total. The number of carbonyl (C=O) groups is 3. The van der Waals surface area contributed by atoms with Gasteiger partial charge in [-0.25, -0.2) is 4.79 Å². The van der Waals surface area contributed by atoms with Crippen molar-refractivity contribution in [3.8, 4) is 0 Å². The van der Waals surface area contributed by atoms with Crippen molar-refractivity contribution >= 4 is 17.9 Å². The Morgan fingerprint density at radius 3 is 2.32 bits per heavy atom. The van der Waals surface area contributed by atoms with E-state index in [0.29, 0.717) is 0 Å². The van der Waals surface area contributed by atoms with E-state index in [1.54, 1.807) is 7.05 Å². The van der Waals surface area contributed by atoms with Crippen molar-refractivity contribution in [2.24, 2.45) is 11.8 Å². The Bertz CT molecular complexity index is 412. The van der Waals surface area contributed by atoms with Crippen molar-refractivity contribution < 1.29 is 19.1 Å². The highest BCUT2D eigenvalue weighted by molar-refractivity contribution is 5.87. The van der Waals surface area contributed by atoms with Gasteiger partial charge in [0.05, 0.1) is 13.0 Å². The normalized spacial score (nSPS) is 22.6. The van der Waals surface area contributed by atoms with Crippen molar-refractivity contribution in [3.63, 3.8) is 0 Å². The Morgan fingerprint density at radius 1 is 1.14 bits per heavy atom. The quantitative estimate of drug-likeness (QED) is 0.699. The lowest BCUT2D eigenvalue weighted by Gasteiger charge is -2.32. The van der Waals surface area contributed by atoms with Gasteiger partial charge in [0.15, 0.2) is 0 Å². The molecule has 0 aromatic heterocycles. The zero-order valence-electron chi connectivity index (χ0n) is 13.8. The molecule has 0 unspecified atom stereocenters. The summed E-state index contributed by atoms with van der Waals surface area (Å²) in [5, 5.41) is 8.12. The Kier molecular flexibility index (Phi) is 7.14. The summed E-state index contributed by atoms with van der Waals surface area (Å²) in [5.74, 6) is -0.622. The van der Waals surface area contributed by atoms with Crippen LogP contribution in [0.5, 0.6) is 0 Å². The maximum atomic E-state index is 12.4. The monoisotopic (exact) mass is 313 g/mol. The Morgan fingerprint density at radius 2 is 1.77 bits per heavy atom. The lowest BCUT2D eigenvalue weighted by molar-refractivity contribution is -0.129. The van der Waals surface area contributed by atoms with Gasteiger partial charge >= 0.3 is 6.09 Å². The fraction of sp³-hybridized carbons (Fsp3) is 0.800. The molecule has 22 heavy (non-hydrogen) atoms. The molecule has 0 radical (unpaired) electrons. The highest BCUT2D eigenvalue weighted by Gasteiger charge is 2.34. The number of ether oxygens (including phenoxy) is 1. The molecular formula is C15H27N3O4. The van der Waals surface area contributed by atoms with E-state index in [4.69, 9.17) is 0 Å². The van der Waals surface area contributed by atoms with Crippen molar-refractivity contribution in [2.45, 2.75) is 51.6 Å². The van der Waals surface area contributed by atoms with Crippen LogP contribution in [0.1, 0.15) is 39.5 Å². The van der Waals surface area contributed by atoms with Crippen LogP contribution in [0.4, 0.5) is 4.79 Å². The highest BCUT2D eigenvalue weighted by Crippen LogP contribution is 2.25. The van der Waals surface area contributed by atoms with Crippen LogP contribution in [0.2, 0.25) is 0 Å². The molecular weight excluding hydrogens is 286 g/mol. The first-order valence-corrected chi connectivity index (χ1v) is 7.77. The number of alkyl carbamates (subject to hydrolysis) is 1. The molecule has 1 rings (SSSR count). The molecule has 0 bridgehead atoms. The van der Waals surface area contributed by atoms with Crippen LogP contribution in [0.3, 0.4) is 0 Å². The molecule has 7 heteroatoms. The molecule has 1 saturated carbocycles. The van der Waals surface area contributed by atoms with Gasteiger partial charge in [-0.15, -0.1) is 0 Å². The summed E-state index contributed by atoms with van der Waals surface area (Å²) in [6.07, 6.45) is 2.86. The minimum absolute atomic E-state index is 0.0491. The van der Waals surface area contributed by atoms with E-state index < -0.39 is 12.1 Å². The molecule has 0 saturated heterocycles. The largest absolute Gasteiger partial charge is 0.453 e. The molecule has 3 N–H and O–H groups in total. The first-order valence-electron chi connectivity index (χ1n) is 7.77. The number of hydrogen-bond donors (Lipinski definition) is 3. The standard InChI is InChI=1S/C15H27N3O4/c1-9(2)12(18-15(21)22-4)14(20)17-11-8-6-5-7-10(11)13(19)16-3/h9-12H,5-8H2,1-4H3,(H,16,19)(H,17,20)(H,18,21)/t10-,11-,12-/m0/s1. The van der Waals surface area contributed by atoms with E-state index in [2.05, 4.69) is 20.7 Å². The van der Waals surface area contributed by atoms with Crippen molar-refractivity contribution in [1.29, 1.82) is 0 Å². The van der Waals surface area contributed by atoms with Crippen LogP contribution in [-0.4, -0.2) is 44.1 Å². The van der Waals surface area contributed by atoms with E-state index in [1.165, 1.54) is 7.11 Å². The van der Waals surface area contributed by atoms with Gasteiger partial charge in [-0.3, -0.25) is 9.59 Å². The first kappa shape index (κ1) is 18.3. The van der Waals surface area contributed by atoms with E-state index >= 15 is 0 Å². The molecule has 0 aromatic carbocycles. The fourth-order valence-electron chi connectivity index (χ4n) is 2.80. The second-order valence-electron chi connectivity index (χ2n) is 5.98. The molecule has 0 aromatic rings. The molecule has 1 aliphatic carbocycles. The summed E-state index contributed by atoms with van der Waals surface area (Å²) in [6.45, 7) is 3.69. The van der Waals surface area contributed by atoms with Gasteiger partial charge in [-0.2, -0.15) is 0 Å². The van der Waals surface area contributed by atoms with Crippen LogP contribution in [0, 0.1) is 11.8 Å². The molecule has 1 fully saturated rings.